The zero-order chi connectivity index (χ0) is 12.7. The topological polar surface area (TPSA) is 74.7 Å². The Hall–Kier alpha value is -1.91. The summed E-state index contributed by atoms with van der Waals surface area (Å²) < 4.78 is 0. The second-order valence-electron chi connectivity index (χ2n) is 4.36. The Morgan fingerprint density at radius 1 is 1.24 bits per heavy atom. The summed E-state index contributed by atoms with van der Waals surface area (Å²) in [5, 5.41) is 8.86. The molecule has 0 fully saturated rings. The molecule has 1 aliphatic carbocycles. The number of aliphatic carboxylic acids is 1. The van der Waals surface area contributed by atoms with Gasteiger partial charge in [0.2, 0.25) is 0 Å². The molecule has 0 aromatic rings. The van der Waals surface area contributed by atoms with Crippen molar-refractivity contribution in [2.45, 2.75) is 26.3 Å². The molecule has 1 N–H and O–H groups in total. The first kappa shape index (κ1) is 11.6. The third-order valence-corrected chi connectivity index (χ3v) is 3.35. The molecule has 90 valence electrons. The molecule has 0 aromatic carbocycles. The van der Waals surface area contributed by atoms with Gasteiger partial charge in [-0.15, -0.1) is 0 Å². The van der Waals surface area contributed by atoms with Gasteiger partial charge in [0.05, 0.1) is 12.0 Å². The molecule has 5 nitrogen and oxygen atoms in total. The standard InChI is InChI=1S/C12H13NO4/c1-6-7(2)11(15)13(10(6)14)9-4-3-8(5-9)12(16)17/h3-4,8-9H,5H2,1-2H3,(H,16,17). The van der Waals surface area contributed by atoms with Crippen LogP contribution in [0.1, 0.15) is 20.3 Å². The summed E-state index contributed by atoms with van der Waals surface area (Å²) in [7, 11) is 0. The third-order valence-electron chi connectivity index (χ3n) is 3.35. The minimum Gasteiger partial charge on any atom is -0.481 e. The predicted octanol–water partition coefficient (Wildman–Crippen LogP) is 0.721. The van der Waals surface area contributed by atoms with E-state index in [1.807, 2.05) is 0 Å². The molecular formula is C12H13NO4. The summed E-state index contributed by atoms with van der Waals surface area (Å²) >= 11 is 0. The maximum absolute atomic E-state index is 11.9. The third kappa shape index (κ3) is 1.67. The van der Waals surface area contributed by atoms with Crippen LogP contribution in [-0.2, 0) is 14.4 Å². The molecule has 2 rings (SSSR count). The summed E-state index contributed by atoms with van der Waals surface area (Å²) in [5.74, 6) is -2.16. The minimum atomic E-state index is -0.927. The second-order valence-corrected chi connectivity index (χ2v) is 4.36. The van der Waals surface area contributed by atoms with Gasteiger partial charge in [-0.25, -0.2) is 0 Å². The first-order chi connectivity index (χ1) is 7.93. The van der Waals surface area contributed by atoms with Gasteiger partial charge in [-0.2, -0.15) is 0 Å². The normalized spacial score (nSPS) is 28.5. The molecule has 2 aliphatic rings. The lowest BCUT2D eigenvalue weighted by atomic mass is 10.1. The molecule has 0 bridgehead atoms. The Morgan fingerprint density at radius 3 is 2.18 bits per heavy atom. The SMILES string of the molecule is CC1=C(C)C(=O)N(C2C=CC(C(=O)O)C2)C1=O. The van der Waals surface area contributed by atoms with Crippen LogP contribution in [-0.4, -0.2) is 33.8 Å². The number of amides is 2. The lowest BCUT2D eigenvalue weighted by Crippen LogP contribution is -2.39. The zero-order valence-electron chi connectivity index (χ0n) is 9.64. The van der Waals surface area contributed by atoms with Gasteiger partial charge in [0.1, 0.15) is 0 Å². The Kier molecular flexibility index (Phi) is 2.61. The number of carbonyl (C=O) groups is 3. The summed E-state index contributed by atoms with van der Waals surface area (Å²) in [4.78, 5) is 35.7. The molecule has 1 aliphatic heterocycles. The van der Waals surface area contributed by atoms with Crippen molar-refractivity contribution in [2.75, 3.05) is 0 Å². The summed E-state index contributed by atoms with van der Waals surface area (Å²) in [6.07, 6.45) is 3.43. The highest BCUT2D eigenvalue weighted by Crippen LogP contribution is 2.29. The van der Waals surface area contributed by atoms with Crippen LogP contribution in [0.3, 0.4) is 0 Å². The van der Waals surface area contributed by atoms with Crippen LogP contribution in [0.2, 0.25) is 0 Å². The van der Waals surface area contributed by atoms with Crippen molar-refractivity contribution in [3.8, 4) is 0 Å². The first-order valence-electron chi connectivity index (χ1n) is 5.40. The number of carbonyl (C=O) groups excluding carboxylic acids is 2. The van der Waals surface area contributed by atoms with E-state index in [1.165, 1.54) is 6.08 Å². The molecule has 2 unspecified atom stereocenters. The monoisotopic (exact) mass is 235 g/mol. The molecule has 0 aromatic heterocycles. The van der Waals surface area contributed by atoms with E-state index in [0.29, 0.717) is 11.1 Å². The fourth-order valence-corrected chi connectivity index (χ4v) is 2.13. The van der Waals surface area contributed by atoms with Crippen LogP contribution >= 0.6 is 0 Å². The smallest absolute Gasteiger partial charge is 0.310 e. The Bertz CT molecular complexity index is 451. The van der Waals surface area contributed by atoms with Crippen LogP contribution in [0.15, 0.2) is 23.3 Å². The Balaban J connectivity index is 2.18. The first-order valence-corrected chi connectivity index (χ1v) is 5.40. The van der Waals surface area contributed by atoms with E-state index >= 15 is 0 Å². The molecule has 0 spiro atoms. The highest BCUT2D eigenvalue weighted by molar-refractivity contribution is 6.19. The maximum Gasteiger partial charge on any atom is 0.310 e. The van der Waals surface area contributed by atoms with Gasteiger partial charge in [-0.3, -0.25) is 19.3 Å². The fraction of sp³-hybridized carbons (Fsp3) is 0.417. The molecule has 2 amide bonds. The van der Waals surface area contributed by atoms with Gasteiger partial charge in [0.25, 0.3) is 11.8 Å². The molecule has 0 saturated heterocycles. The molecule has 0 saturated carbocycles. The van der Waals surface area contributed by atoms with Crippen LogP contribution < -0.4 is 0 Å². The fourth-order valence-electron chi connectivity index (χ4n) is 2.13. The average Bonchev–Trinajstić information content (AvgIpc) is 2.81. The lowest BCUT2D eigenvalue weighted by Gasteiger charge is -2.21. The van der Waals surface area contributed by atoms with Crippen LogP contribution in [0.25, 0.3) is 0 Å². The van der Waals surface area contributed by atoms with Gasteiger partial charge in [-0.05, 0) is 20.3 Å². The van der Waals surface area contributed by atoms with Gasteiger partial charge < -0.3 is 5.11 Å². The number of imide groups is 1. The Labute approximate surface area is 98.4 Å². The van der Waals surface area contributed by atoms with E-state index in [4.69, 9.17) is 5.11 Å². The maximum atomic E-state index is 11.9. The van der Waals surface area contributed by atoms with E-state index in [0.717, 1.165) is 4.90 Å². The van der Waals surface area contributed by atoms with Crippen molar-refractivity contribution in [3.63, 3.8) is 0 Å². The van der Waals surface area contributed by atoms with Crippen LogP contribution in [0.5, 0.6) is 0 Å². The van der Waals surface area contributed by atoms with Crippen molar-refractivity contribution < 1.29 is 19.5 Å². The predicted molar refractivity (Wildman–Crippen MR) is 58.9 cm³/mol. The Morgan fingerprint density at radius 2 is 1.76 bits per heavy atom. The number of hydrogen-bond acceptors (Lipinski definition) is 3. The molecular weight excluding hydrogens is 222 g/mol. The van der Waals surface area contributed by atoms with Crippen LogP contribution in [0.4, 0.5) is 0 Å². The zero-order valence-corrected chi connectivity index (χ0v) is 9.64. The number of hydrogen-bond donors (Lipinski definition) is 1. The van der Waals surface area contributed by atoms with Crippen molar-refractivity contribution in [2.24, 2.45) is 5.92 Å². The number of rotatable bonds is 2. The van der Waals surface area contributed by atoms with Crippen molar-refractivity contribution in [1.82, 2.24) is 4.90 Å². The largest absolute Gasteiger partial charge is 0.481 e. The molecule has 5 heteroatoms. The highest BCUT2D eigenvalue weighted by atomic mass is 16.4. The van der Waals surface area contributed by atoms with Gasteiger partial charge >= 0.3 is 5.97 Å². The molecule has 1 heterocycles. The number of nitrogens with zero attached hydrogens (tertiary/aromatic N) is 1. The quantitative estimate of drug-likeness (QED) is 0.565. The van der Waals surface area contributed by atoms with Gasteiger partial charge in [0.15, 0.2) is 0 Å². The summed E-state index contributed by atoms with van der Waals surface area (Å²) in [5.41, 5.74) is 0.893. The highest BCUT2D eigenvalue weighted by Gasteiger charge is 2.40. The summed E-state index contributed by atoms with van der Waals surface area (Å²) in [6, 6.07) is -0.427. The minimum absolute atomic E-state index is 0.271. The van der Waals surface area contributed by atoms with Crippen molar-refractivity contribution >= 4 is 17.8 Å². The van der Waals surface area contributed by atoms with Crippen molar-refractivity contribution in [1.29, 1.82) is 0 Å². The van der Waals surface area contributed by atoms with E-state index in [2.05, 4.69) is 0 Å². The molecule has 0 radical (unpaired) electrons. The second kappa shape index (κ2) is 3.84. The van der Waals surface area contributed by atoms with E-state index in [1.54, 1.807) is 19.9 Å². The average molecular weight is 235 g/mol. The lowest BCUT2D eigenvalue weighted by molar-refractivity contribution is -0.143. The number of carboxylic acids is 1. The number of carboxylic acid groups (broad SMARTS) is 1. The van der Waals surface area contributed by atoms with E-state index in [-0.39, 0.29) is 18.2 Å². The van der Waals surface area contributed by atoms with E-state index < -0.39 is 17.9 Å². The van der Waals surface area contributed by atoms with Gasteiger partial charge in [0, 0.05) is 11.1 Å². The molecule has 17 heavy (non-hydrogen) atoms. The molecule has 2 atom stereocenters. The van der Waals surface area contributed by atoms with Crippen LogP contribution in [0, 0.1) is 5.92 Å². The van der Waals surface area contributed by atoms with Crippen molar-refractivity contribution in [3.05, 3.63) is 23.3 Å². The summed E-state index contributed by atoms with van der Waals surface area (Å²) in [6.45, 7) is 3.23. The van der Waals surface area contributed by atoms with Gasteiger partial charge in [-0.1, -0.05) is 12.2 Å². The van der Waals surface area contributed by atoms with E-state index in [9.17, 15) is 14.4 Å².